The largest absolute Gasteiger partial charge is 0.481 e. The van der Waals surface area contributed by atoms with Gasteiger partial charge in [0.05, 0.1) is 17.9 Å². The molecule has 0 spiro atoms. The fourth-order valence-electron chi connectivity index (χ4n) is 7.96. The van der Waals surface area contributed by atoms with E-state index in [2.05, 4.69) is 0 Å². The molecule has 198 valence electrons. The van der Waals surface area contributed by atoms with Crippen LogP contribution in [0.5, 0.6) is 0 Å². The molecule has 0 aromatic rings. The third kappa shape index (κ3) is 3.92. The van der Waals surface area contributed by atoms with Gasteiger partial charge in [-0.25, -0.2) is 0 Å². The van der Waals surface area contributed by atoms with Gasteiger partial charge >= 0.3 is 5.97 Å². The number of carboxylic acids is 1. The van der Waals surface area contributed by atoms with Gasteiger partial charge in [0.2, 0.25) is 0 Å². The summed E-state index contributed by atoms with van der Waals surface area (Å²) < 4.78 is 0. The number of hydrogen-bond donors (Lipinski definition) is 3. The minimum absolute atomic E-state index is 0.0470. The van der Waals surface area contributed by atoms with Crippen molar-refractivity contribution >= 4 is 29.1 Å². The number of carbonyl (C=O) groups is 5. The Labute approximate surface area is 211 Å². The summed E-state index contributed by atoms with van der Waals surface area (Å²) in [6.45, 7) is 9.00. The molecule has 3 N–H and O–H groups in total. The summed E-state index contributed by atoms with van der Waals surface area (Å²) >= 11 is 0. The second-order valence-corrected chi connectivity index (χ2v) is 12.6. The molecule has 2 fully saturated rings. The van der Waals surface area contributed by atoms with Gasteiger partial charge in [0.25, 0.3) is 0 Å². The molecule has 4 aliphatic rings. The summed E-state index contributed by atoms with van der Waals surface area (Å²) in [6, 6.07) is 0. The highest BCUT2D eigenvalue weighted by atomic mass is 16.4. The lowest BCUT2D eigenvalue weighted by Gasteiger charge is -2.57. The van der Waals surface area contributed by atoms with Crippen molar-refractivity contribution in [2.45, 2.75) is 85.4 Å². The van der Waals surface area contributed by atoms with Gasteiger partial charge in [-0.05, 0) is 36.0 Å². The lowest BCUT2D eigenvalue weighted by Crippen LogP contribution is -2.58. The van der Waals surface area contributed by atoms with Gasteiger partial charge in [0.15, 0.2) is 11.6 Å². The smallest absolute Gasteiger partial charge is 0.306 e. The predicted molar refractivity (Wildman–Crippen MR) is 129 cm³/mol. The fraction of sp³-hybridized carbons (Fsp3) is 0.750. The van der Waals surface area contributed by atoms with Crippen LogP contribution in [0.4, 0.5) is 0 Å². The second-order valence-electron chi connectivity index (χ2n) is 12.6. The number of hydrogen-bond acceptors (Lipinski definition) is 7. The lowest BCUT2D eigenvalue weighted by atomic mass is 9.46. The molecule has 36 heavy (non-hydrogen) atoms. The molecule has 8 heteroatoms. The van der Waals surface area contributed by atoms with Crippen LogP contribution in [0.1, 0.15) is 73.1 Å². The van der Waals surface area contributed by atoms with E-state index in [1.807, 2.05) is 20.8 Å². The van der Waals surface area contributed by atoms with Gasteiger partial charge in [0.1, 0.15) is 17.7 Å². The number of ketones is 4. The molecule has 0 heterocycles. The summed E-state index contributed by atoms with van der Waals surface area (Å²) in [6.07, 6.45) is -0.958. The predicted octanol–water partition coefficient (Wildman–Crippen LogP) is 2.53. The van der Waals surface area contributed by atoms with E-state index in [9.17, 15) is 34.2 Å². The van der Waals surface area contributed by atoms with Crippen molar-refractivity contribution in [3.05, 3.63) is 11.1 Å². The highest BCUT2D eigenvalue weighted by Crippen LogP contribution is 2.63. The molecular formula is C28H38O8. The van der Waals surface area contributed by atoms with E-state index in [0.717, 1.165) is 0 Å². The molecular weight excluding hydrogens is 464 g/mol. The molecule has 0 saturated heterocycles. The topological polar surface area (TPSA) is 146 Å². The molecule has 4 rings (SSSR count). The van der Waals surface area contributed by atoms with Crippen LogP contribution in [-0.4, -0.2) is 56.6 Å². The zero-order valence-corrected chi connectivity index (χ0v) is 21.7. The molecule has 9 atom stereocenters. The lowest BCUT2D eigenvalue weighted by molar-refractivity contribution is -0.145. The van der Waals surface area contributed by atoms with Crippen LogP contribution in [0.2, 0.25) is 0 Å². The second kappa shape index (κ2) is 8.98. The Morgan fingerprint density at radius 1 is 1.03 bits per heavy atom. The Morgan fingerprint density at radius 2 is 1.67 bits per heavy atom. The first kappa shape index (κ1) is 26.9. The number of aliphatic hydroxyl groups excluding tert-OH is 2. The molecule has 0 unspecified atom stereocenters. The molecule has 0 radical (unpaired) electrons. The van der Waals surface area contributed by atoms with E-state index in [0.29, 0.717) is 12.8 Å². The maximum atomic E-state index is 13.8. The van der Waals surface area contributed by atoms with Crippen molar-refractivity contribution in [2.24, 2.45) is 46.3 Å². The van der Waals surface area contributed by atoms with Crippen LogP contribution < -0.4 is 0 Å². The molecule has 4 aliphatic carbocycles. The highest BCUT2D eigenvalue weighted by Gasteiger charge is 2.64. The number of aliphatic carboxylic acids is 1. The Morgan fingerprint density at radius 3 is 2.28 bits per heavy atom. The van der Waals surface area contributed by atoms with Crippen molar-refractivity contribution < 1.29 is 39.3 Å². The van der Waals surface area contributed by atoms with E-state index >= 15 is 0 Å². The zero-order valence-electron chi connectivity index (χ0n) is 21.7. The van der Waals surface area contributed by atoms with Gasteiger partial charge in [-0.2, -0.15) is 0 Å². The van der Waals surface area contributed by atoms with E-state index < -0.39 is 58.5 Å². The third-order valence-electron chi connectivity index (χ3n) is 10.1. The Hall–Kier alpha value is -2.19. The number of fused-ring (bicyclic) bond motifs is 4. The molecule has 0 aromatic heterocycles. The van der Waals surface area contributed by atoms with Gasteiger partial charge in [-0.3, -0.25) is 24.0 Å². The van der Waals surface area contributed by atoms with E-state index in [1.54, 1.807) is 6.92 Å². The van der Waals surface area contributed by atoms with Crippen molar-refractivity contribution in [3.63, 3.8) is 0 Å². The number of Topliss-reactive ketones (excluding diaryl/α,β-unsaturated/α-hetero) is 4. The van der Waals surface area contributed by atoms with Crippen molar-refractivity contribution in [1.82, 2.24) is 0 Å². The summed E-state index contributed by atoms with van der Waals surface area (Å²) in [7, 11) is 0. The first-order chi connectivity index (χ1) is 16.6. The SMILES string of the molecule is C[C@H](CC(=O)C[C@@H](C)[C@H]1CC(=O)[C@H]2C3=C(C(=O)[C@@H](O)[C@@H]21)[C@@]1(C)CC[C@H](O)C(C)(C)[C@@H]1CC3=O)C(=O)O. The molecule has 8 nitrogen and oxygen atoms in total. The summed E-state index contributed by atoms with van der Waals surface area (Å²) in [5, 5.41) is 31.0. The minimum Gasteiger partial charge on any atom is -0.481 e. The zero-order chi connectivity index (χ0) is 26.9. The Bertz CT molecular complexity index is 1050. The van der Waals surface area contributed by atoms with Gasteiger partial charge in [0, 0.05) is 48.2 Å². The van der Waals surface area contributed by atoms with E-state index in [-0.39, 0.29) is 66.0 Å². The third-order valence-corrected chi connectivity index (χ3v) is 10.1. The quantitative estimate of drug-likeness (QED) is 0.502. The van der Waals surface area contributed by atoms with Gasteiger partial charge in [-0.15, -0.1) is 0 Å². The Balaban J connectivity index is 1.69. The first-order valence-corrected chi connectivity index (χ1v) is 13.1. The minimum atomic E-state index is -1.45. The monoisotopic (exact) mass is 502 g/mol. The number of allylic oxidation sites excluding steroid dienone is 1. The average molecular weight is 503 g/mol. The Kier molecular flexibility index (Phi) is 6.70. The van der Waals surface area contributed by atoms with Crippen molar-refractivity contribution in [2.75, 3.05) is 0 Å². The van der Waals surface area contributed by atoms with Crippen LogP contribution in [0.25, 0.3) is 0 Å². The molecule has 0 aromatic carbocycles. The van der Waals surface area contributed by atoms with Crippen LogP contribution >= 0.6 is 0 Å². The standard InChI is InChI=1S/C28H38O8/c1-12(8-14(29)9-13(2)26(35)36)15-10-16(30)21-20(15)24(33)25(34)23-22(21)17(31)11-18-27(3,4)19(32)6-7-28(18,23)5/h12-13,15,18-21,24,32-33H,6-11H2,1-5H3,(H,35,36)/t12-,13-,15-,18+,19+,20-,21-,24+,28+/m1/s1. The molecule has 2 saturated carbocycles. The van der Waals surface area contributed by atoms with Gasteiger partial charge in [-0.1, -0.05) is 34.6 Å². The number of aliphatic hydroxyl groups is 2. The highest BCUT2D eigenvalue weighted by molar-refractivity contribution is 6.15. The number of carbonyl (C=O) groups excluding carboxylic acids is 4. The summed E-state index contributed by atoms with van der Waals surface area (Å²) in [5.74, 6) is -5.78. The normalized spacial score (nSPS) is 39.2. The number of rotatable bonds is 6. The van der Waals surface area contributed by atoms with E-state index in [4.69, 9.17) is 5.11 Å². The van der Waals surface area contributed by atoms with Crippen LogP contribution in [0, 0.1) is 46.3 Å². The average Bonchev–Trinajstić information content (AvgIpc) is 3.13. The van der Waals surface area contributed by atoms with Crippen LogP contribution in [0.3, 0.4) is 0 Å². The first-order valence-electron chi connectivity index (χ1n) is 13.1. The number of carboxylic acid groups (broad SMARTS) is 1. The fourth-order valence-corrected chi connectivity index (χ4v) is 7.96. The van der Waals surface area contributed by atoms with Crippen molar-refractivity contribution in [1.29, 1.82) is 0 Å². The molecule has 0 aliphatic heterocycles. The van der Waals surface area contributed by atoms with Crippen LogP contribution in [0.15, 0.2) is 11.1 Å². The molecule has 0 bridgehead atoms. The summed E-state index contributed by atoms with van der Waals surface area (Å²) in [5.41, 5.74) is -0.785. The van der Waals surface area contributed by atoms with Gasteiger partial charge < -0.3 is 15.3 Å². The maximum absolute atomic E-state index is 13.8. The summed E-state index contributed by atoms with van der Waals surface area (Å²) in [4.78, 5) is 64.3. The van der Waals surface area contributed by atoms with Crippen LogP contribution in [-0.2, 0) is 24.0 Å². The maximum Gasteiger partial charge on any atom is 0.306 e. The molecule has 0 amide bonds. The van der Waals surface area contributed by atoms with E-state index in [1.165, 1.54) is 6.92 Å². The van der Waals surface area contributed by atoms with Crippen molar-refractivity contribution in [3.8, 4) is 0 Å².